The maximum absolute atomic E-state index is 7.12. The molecule has 0 atom stereocenters. The molecular formula is C12H20N2. The second-order valence-corrected chi connectivity index (χ2v) is 3.15. The largest absolute Gasteiger partial charge is 0.398 e. The summed E-state index contributed by atoms with van der Waals surface area (Å²) in [4.78, 5) is 0. The fraction of sp³-hybridized carbons (Fsp3) is 0.417. The zero-order valence-electron chi connectivity index (χ0n) is 9.46. The first kappa shape index (κ1) is 12.7. The third-order valence-electron chi connectivity index (χ3n) is 1.95. The Morgan fingerprint density at radius 1 is 1.29 bits per heavy atom. The molecule has 0 bridgehead atoms. The average molecular weight is 192 g/mol. The van der Waals surface area contributed by atoms with Gasteiger partial charge in [0, 0.05) is 17.5 Å². The number of nitrogens with two attached hydrogens (primary N) is 1. The van der Waals surface area contributed by atoms with E-state index in [0.717, 1.165) is 16.8 Å². The molecular weight excluding hydrogens is 172 g/mol. The predicted octanol–water partition coefficient (Wildman–Crippen LogP) is 3.42. The van der Waals surface area contributed by atoms with E-state index < -0.39 is 0 Å². The van der Waals surface area contributed by atoms with Crippen LogP contribution in [0, 0.1) is 5.41 Å². The van der Waals surface area contributed by atoms with Crippen LogP contribution in [0.5, 0.6) is 0 Å². The summed E-state index contributed by atoms with van der Waals surface area (Å²) < 4.78 is 0. The first-order chi connectivity index (χ1) is 6.66. The van der Waals surface area contributed by atoms with Crippen LogP contribution in [-0.4, -0.2) is 6.21 Å². The van der Waals surface area contributed by atoms with Crippen LogP contribution in [0.25, 0.3) is 0 Å². The molecule has 0 saturated carbocycles. The van der Waals surface area contributed by atoms with E-state index >= 15 is 0 Å². The summed E-state index contributed by atoms with van der Waals surface area (Å²) in [5.74, 6) is 0.421. The van der Waals surface area contributed by atoms with Gasteiger partial charge in [-0.1, -0.05) is 45.9 Å². The van der Waals surface area contributed by atoms with E-state index in [4.69, 9.17) is 11.1 Å². The van der Waals surface area contributed by atoms with Crippen molar-refractivity contribution in [2.24, 2.45) is 0 Å². The van der Waals surface area contributed by atoms with E-state index in [1.165, 1.54) is 6.21 Å². The standard InChI is InChI=1S/C10H14N2.C2H6/c1-7(2)9-5-3-4-8(6-11)10(9)12;1-2/h3-7,11H,12H2,1-2H3;1-2H3. The van der Waals surface area contributed by atoms with Crippen LogP contribution in [0.2, 0.25) is 0 Å². The third kappa shape index (κ3) is 2.87. The maximum Gasteiger partial charge on any atom is 0.0438 e. The van der Waals surface area contributed by atoms with Crippen molar-refractivity contribution in [1.82, 2.24) is 0 Å². The van der Waals surface area contributed by atoms with Crippen molar-refractivity contribution >= 4 is 11.9 Å². The van der Waals surface area contributed by atoms with Gasteiger partial charge in [0.15, 0.2) is 0 Å². The van der Waals surface area contributed by atoms with E-state index in [1.807, 2.05) is 32.0 Å². The van der Waals surface area contributed by atoms with Gasteiger partial charge in [-0.2, -0.15) is 0 Å². The van der Waals surface area contributed by atoms with E-state index in [-0.39, 0.29) is 0 Å². The van der Waals surface area contributed by atoms with Crippen LogP contribution < -0.4 is 5.73 Å². The van der Waals surface area contributed by atoms with Crippen molar-refractivity contribution in [2.45, 2.75) is 33.6 Å². The summed E-state index contributed by atoms with van der Waals surface area (Å²) in [7, 11) is 0. The molecule has 78 valence electrons. The summed E-state index contributed by atoms with van der Waals surface area (Å²) in [6.07, 6.45) is 1.29. The zero-order chi connectivity index (χ0) is 11.1. The number of nitrogen functional groups attached to an aromatic ring is 1. The highest BCUT2D eigenvalue weighted by Crippen LogP contribution is 2.23. The van der Waals surface area contributed by atoms with Crippen LogP contribution in [0.3, 0.4) is 0 Å². The summed E-state index contributed by atoms with van der Waals surface area (Å²) in [5.41, 5.74) is 8.51. The van der Waals surface area contributed by atoms with Gasteiger partial charge in [-0.15, -0.1) is 0 Å². The molecule has 0 aliphatic rings. The van der Waals surface area contributed by atoms with Gasteiger partial charge in [0.25, 0.3) is 0 Å². The Labute approximate surface area is 86.7 Å². The Bertz CT molecular complexity index is 290. The maximum atomic E-state index is 7.12. The minimum absolute atomic E-state index is 0.421. The van der Waals surface area contributed by atoms with Gasteiger partial charge in [0.2, 0.25) is 0 Å². The molecule has 1 rings (SSSR count). The number of benzene rings is 1. The Morgan fingerprint density at radius 2 is 1.86 bits per heavy atom. The first-order valence-electron chi connectivity index (χ1n) is 5.05. The quantitative estimate of drug-likeness (QED) is 0.547. The molecule has 0 amide bonds. The van der Waals surface area contributed by atoms with Crippen molar-refractivity contribution in [3.8, 4) is 0 Å². The van der Waals surface area contributed by atoms with Crippen molar-refractivity contribution in [3.63, 3.8) is 0 Å². The average Bonchev–Trinajstić information content (AvgIpc) is 2.21. The van der Waals surface area contributed by atoms with Gasteiger partial charge in [0.1, 0.15) is 0 Å². The second-order valence-electron chi connectivity index (χ2n) is 3.15. The van der Waals surface area contributed by atoms with Crippen molar-refractivity contribution < 1.29 is 0 Å². The van der Waals surface area contributed by atoms with Gasteiger partial charge in [-0.25, -0.2) is 0 Å². The lowest BCUT2D eigenvalue weighted by atomic mass is 9.98. The molecule has 2 nitrogen and oxygen atoms in total. The summed E-state index contributed by atoms with van der Waals surface area (Å²) in [6.45, 7) is 8.19. The van der Waals surface area contributed by atoms with Crippen LogP contribution >= 0.6 is 0 Å². The molecule has 0 saturated heterocycles. The lowest BCUT2D eigenvalue weighted by molar-refractivity contribution is 0.870. The van der Waals surface area contributed by atoms with Crippen molar-refractivity contribution in [3.05, 3.63) is 29.3 Å². The number of anilines is 1. The van der Waals surface area contributed by atoms with Gasteiger partial charge in [-0.05, 0) is 11.5 Å². The van der Waals surface area contributed by atoms with E-state index in [0.29, 0.717) is 5.92 Å². The lowest BCUT2D eigenvalue weighted by Gasteiger charge is -2.10. The third-order valence-corrected chi connectivity index (χ3v) is 1.95. The monoisotopic (exact) mass is 192 g/mol. The van der Waals surface area contributed by atoms with Crippen molar-refractivity contribution in [1.29, 1.82) is 5.41 Å². The number of nitrogens with one attached hydrogen (secondary N) is 1. The Balaban J connectivity index is 0.000000791. The smallest absolute Gasteiger partial charge is 0.0438 e. The van der Waals surface area contributed by atoms with Crippen LogP contribution in [0.1, 0.15) is 44.7 Å². The van der Waals surface area contributed by atoms with Gasteiger partial charge >= 0.3 is 0 Å². The normalized spacial score (nSPS) is 9.21. The highest BCUT2D eigenvalue weighted by Gasteiger charge is 2.05. The van der Waals surface area contributed by atoms with Gasteiger partial charge < -0.3 is 11.1 Å². The van der Waals surface area contributed by atoms with Gasteiger partial charge in [0.05, 0.1) is 0 Å². The Kier molecular flexibility index (Phi) is 5.61. The Morgan fingerprint density at radius 3 is 2.29 bits per heavy atom. The van der Waals surface area contributed by atoms with Gasteiger partial charge in [-0.3, -0.25) is 0 Å². The summed E-state index contributed by atoms with van der Waals surface area (Å²) >= 11 is 0. The first-order valence-corrected chi connectivity index (χ1v) is 5.05. The molecule has 0 unspecified atom stereocenters. The second kappa shape index (κ2) is 6.19. The fourth-order valence-electron chi connectivity index (χ4n) is 1.23. The van der Waals surface area contributed by atoms with E-state index in [2.05, 4.69) is 13.8 Å². The lowest BCUT2D eigenvalue weighted by Crippen LogP contribution is -2.00. The van der Waals surface area contributed by atoms with Crippen LogP contribution in [0.4, 0.5) is 5.69 Å². The highest BCUT2D eigenvalue weighted by molar-refractivity contribution is 5.86. The molecule has 1 aromatic carbocycles. The SMILES string of the molecule is CC.CC(C)c1cccc(C=N)c1N. The number of hydrogen-bond donors (Lipinski definition) is 2. The minimum Gasteiger partial charge on any atom is -0.398 e. The van der Waals surface area contributed by atoms with Crippen molar-refractivity contribution in [2.75, 3.05) is 5.73 Å². The van der Waals surface area contributed by atoms with Crippen LogP contribution in [-0.2, 0) is 0 Å². The molecule has 1 aromatic rings. The molecule has 0 spiro atoms. The predicted molar refractivity (Wildman–Crippen MR) is 64.2 cm³/mol. The Hall–Kier alpha value is -1.31. The molecule has 0 aliphatic carbocycles. The molecule has 0 aliphatic heterocycles. The van der Waals surface area contributed by atoms with E-state index in [1.54, 1.807) is 0 Å². The fourth-order valence-corrected chi connectivity index (χ4v) is 1.23. The number of rotatable bonds is 2. The number of hydrogen-bond acceptors (Lipinski definition) is 2. The summed E-state index contributed by atoms with van der Waals surface area (Å²) in [5, 5.41) is 7.12. The topological polar surface area (TPSA) is 49.9 Å². The summed E-state index contributed by atoms with van der Waals surface area (Å²) in [6, 6.07) is 5.80. The molecule has 14 heavy (non-hydrogen) atoms. The molecule has 2 heteroatoms. The van der Waals surface area contributed by atoms with Crippen LogP contribution in [0.15, 0.2) is 18.2 Å². The molecule has 0 radical (unpaired) electrons. The molecule has 0 aromatic heterocycles. The zero-order valence-corrected chi connectivity index (χ0v) is 9.46. The minimum atomic E-state index is 0.421. The highest BCUT2D eigenvalue weighted by atomic mass is 14.6. The molecule has 3 N–H and O–H groups in total. The molecule has 0 fully saturated rings. The molecule has 0 heterocycles. The van der Waals surface area contributed by atoms with E-state index in [9.17, 15) is 0 Å². The number of para-hydroxylation sites is 1.